The summed E-state index contributed by atoms with van der Waals surface area (Å²) in [6.07, 6.45) is 8.03. The van der Waals surface area contributed by atoms with Crippen LogP contribution in [0.5, 0.6) is 0 Å². The molecule has 0 aliphatic carbocycles. The van der Waals surface area contributed by atoms with Crippen molar-refractivity contribution < 1.29 is 4.79 Å². The van der Waals surface area contributed by atoms with Crippen LogP contribution >= 0.6 is 11.8 Å². The van der Waals surface area contributed by atoms with Crippen LogP contribution in [0.15, 0.2) is 12.2 Å². The van der Waals surface area contributed by atoms with Gasteiger partial charge in [0.2, 0.25) is 0 Å². The number of hydrogen-bond donors (Lipinski definition) is 1. The predicted octanol–water partition coefficient (Wildman–Crippen LogP) is 1.70. The van der Waals surface area contributed by atoms with Crippen LogP contribution in [0.2, 0.25) is 0 Å². The summed E-state index contributed by atoms with van der Waals surface area (Å²) >= 11 is 1.37. The van der Waals surface area contributed by atoms with Crippen molar-refractivity contribution in [3.05, 3.63) is 12.2 Å². The third kappa shape index (κ3) is 3.93. The maximum atomic E-state index is 11.1. The number of carbonyl (C=O) groups excluding carboxylic acids is 1. The van der Waals surface area contributed by atoms with Gasteiger partial charge in [-0.3, -0.25) is 4.79 Å². The van der Waals surface area contributed by atoms with Crippen LogP contribution in [0.25, 0.3) is 0 Å². The van der Waals surface area contributed by atoms with E-state index >= 15 is 0 Å². The van der Waals surface area contributed by atoms with Crippen molar-refractivity contribution in [3.63, 3.8) is 0 Å². The van der Waals surface area contributed by atoms with E-state index in [1.54, 1.807) is 0 Å². The third-order valence-electron chi connectivity index (χ3n) is 1.82. The van der Waals surface area contributed by atoms with Crippen molar-refractivity contribution in [2.45, 2.75) is 31.7 Å². The van der Waals surface area contributed by atoms with Gasteiger partial charge in [-0.1, -0.05) is 23.9 Å². The molecule has 1 aliphatic heterocycles. The first-order valence-electron chi connectivity index (χ1n) is 4.37. The number of nitrogens with two attached hydrogens (primary N) is 1. The van der Waals surface area contributed by atoms with Crippen LogP contribution in [-0.2, 0) is 4.79 Å². The predicted molar refractivity (Wildman–Crippen MR) is 53.0 cm³/mol. The second-order valence-electron chi connectivity index (χ2n) is 3.02. The van der Waals surface area contributed by atoms with Crippen molar-refractivity contribution in [2.24, 2.45) is 5.73 Å². The molecule has 1 atom stereocenters. The Morgan fingerprint density at radius 1 is 1.50 bits per heavy atom. The van der Waals surface area contributed by atoms with E-state index in [-0.39, 0.29) is 6.04 Å². The van der Waals surface area contributed by atoms with Gasteiger partial charge in [-0.15, -0.1) is 0 Å². The maximum Gasteiger partial charge on any atom is 0.189 e. The molecule has 0 saturated carbocycles. The summed E-state index contributed by atoms with van der Waals surface area (Å²) in [5, 5.41) is 0.292. The molecule has 0 unspecified atom stereocenters. The highest BCUT2D eigenvalue weighted by Crippen LogP contribution is 2.13. The van der Waals surface area contributed by atoms with Crippen molar-refractivity contribution in [1.82, 2.24) is 0 Å². The topological polar surface area (TPSA) is 43.1 Å². The Kier molecular flexibility index (Phi) is 4.40. The number of allylic oxidation sites excluding steroid dienone is 1. The molecule has 1 aliphatic rings. The minimum atomic E-state index is 0.0528. The van der Waals surface area contributed by atoms with Gasteiger partial charge in [-0.25, -0.2) is 0 Å². The largest absolute Gasteiger partial charge is 0.324 e. The minimum Gasteiger partial charge on any atom is -0.324 e. The molecule has 1 heterocycles. The molecule has 0 spiro atoms. The standard InChI is InChI=1S/C9H15NOS/c10-8-5-3-1-2-4-6-9(11)12-7-8/h3,5,8H,1-2,4,6-7,10H2/b5-3+/t8-/m1/s1. The van der Waals surface area contributed by atoms with E-state index < -0.39 is 0 Å². The summed E-state index contributed by atoms with van der Waals surface area (Å²) in [5.41, 5.74) is 5.73. The molecular formula is C9H15NOS. The molecule has 3 heteroatoms. The highest BCUT2D eigenvalue weighted by molar-refractivity contribution is 8.13. The lowest BCUT2D eigenvalue weighted by molar-refractivity contribution is -0.111. The van der Waals surface area contributed by atoms with E-state index in [4.69, 9.17) is 5.73 Å². The van der Waals surface area contributed by atoms with Gasteiger partial charge in [0.1, 0.15) is 0 Å². The molecule has 0 bridgehead atoms. The van der Waals surface area contributed by atoms with E-state index in [0.29, 0.717) is 11.5 Å². The second kappa shape index (κ2) is 5.38. The summed E-state index contributed by atoms with van der Waals surface area (Å²) in [7, 11) is 0. The highest BCUT2D eigenvalue weighted by Gasteiger charge is 2.06. The zero-order chi connectivity index (χ0) is 8.81. The van der Waals surface area contributed by atoms with E-state index in [0.717, 1.165) is 25.0 Å². The second-order valence-corrected chi connectivity index (χ2v) is 4.10. The molecule has 0 saturated heterocycles. The van der Waals surface area contributed by atoms with Gasteiger partial charge in [-0.2, -0.15) is 0 Å². The van der Waals surface area contributed by atoms with E-state index in [2.05, 4.69) is 6.08 Å². The number of carbonyl (C=O) groups is 1. The first-order valence-corrected chi connectivity index (χ1v) is 5.35. The lowest BCUT2D eigenvalue weighted by Gasteiger charge is -2.07. The number of thioether (sulfide) groups is 1. The van der Waals surface area contributed by atoms with Gasteiger partial charge in [0.05, 0.1) is 0 Å². The highest BCUT2D eigenvalue weighted by atomic mass is 32.2. The van der Waals surface area contributed by atoms with Crippen LogP contribution in [0.3, 0.4) is 0 Å². The Morgan fingerprint density at radius 3 is 3.17 bits per heavy atom. The van der Waals surface area contributed by atoms with Crippen LogP contribution < -0.4 is 5.73 Å². The molecule has 0 amide bonds. The molecule has 0 radical (unpaired) electrons. The van der Waals surface area contributed by atoms with Gasteiger partial charge in [0, 0.05) is 18.2 Å². The summed E-state index contributed by atoms with van der Waals surface area (Å²) in [6.45, 7) is 0. The van der Waals surface area contributed by atoms with E-state index in [1.165, 1.54) is 11.8 Å². The van der Waals surface area contributed by atoms with Gasteiger partial charge in [0.25, 0.3) is 0 Å². The minimum absolute atomic E-state index is 0.0528. The fourth-order valence-corrected chi connectivity index (χ4v) is 1.90. The van der Waals surface area contributed by atoms with Crippen LogP contribution in [0, 0.1) is 0 Å². The summed E-state index contributed by atoms with van der Waals surface area (Å²) in [5.74, 6) is 0.731. The molecule has 12 heavy (non-hydrogen) atoms. The van der Waals surface area contributed by atoms with Gasteiger partial charge >= 0.3 is 0 Å². The molecule has 0 aromatic carbocycles. The molecule has 2 N–H and O–H groups in total. The first-order chi connectivity index (χ1) is 5.79. The Hall–Kier alpha value is -0.280. The molecular weight excluding hydrogens is 170 g/mol. The van der Waals surface area contributed by atoms with Crippen molar-refractivity contribution in [1.29, 1.82) is 0 Å². The Labute approximate surface area is 77.6 Å². The molecule has 68 valence electrons. The van der Waals surface area contributed by atoms with Crippen LogP contribution in [0.1, 0.15) is 25.7 Å². The summed E-state index contributed by atoms with van der Waals surface area (Å²) in [6, 6.07) is 0.0528. The van der Waals surface area contributed by atoms with Gasteiger partial charge in [0.15, 0.2) is 5.12 Å². The maximum absolute atomic E-state index is 11.1. The van der Waals surface area contributed by atoms with Crippen molar-refractivity contribution in [3.8, 4) is 0 Å². The van der Waals surface area contributed by atoms with Crippen molar-refractivity contribution >= 4 is 16.9 Å². The lowest BCUT2D eigenvalue weighted by atomic mass is 10.2. The van der Waals surface area contributed by atoms with Gasteiger partial charge < -0.3 is 5.73 Å². The zero-order valence-corrected chi connectivity index (χ0v) is 7.98. The average molecular weight is 185 g/mol. The van der Waals surface area contributed by atoms with E-state index in [9.17, 15) is 4.79 Å². The monoisotopic (exact) mass is 185 g/mol. The van der Waals surface area contributed by atoms with E-state index in [1.807, 2.05) is 6.08 Å². The quantitative estimate of drug-likeness (QED) is 0.584. The van der Waals surface area contributed by atoms with Crippen LogP contribution in [0.4, 0.5) is 0 Å². The summed E-state index contributed by atoms with van der Waals surface area (Å²) < 4.78 is 0. The molecule has 0 aromatic rings. The average Bonchev–Trinajstić information content (AvgIpc) is 2.07. The fraction of sp³-hybridized carbons (Fsp3) is 0.667. The van der Waals surface area contributed by atoms with Crippen molar-refractivity contribution in [2.75, 3.05) is 5.75 Å². The molecule has 0 fully saturated rings. The SMILES string of the molecule is N[C@@H]1/C=C/CCCCC(=O)SC1. The summed E-state index contributed by atoms with van der Waals surface area (Å²) in [4.78, 5) is 11.1. The molecule has 2 nitrogen and oxygen atoms in total. The normalized spacial score (nSPS) is 29.8. The molecule has 1 rings (SSSR count). The smallest absolute Gasteiger partial charge is 0.189 e. The first kappa shape index (κ1) is 9.81. The van der Waals surface area contributed by atoms with Crippen LogP contribution in [-0.4, -0.2) is 16.9 Å². The fourth-order valence-electron chi connectivity index (χ4n) is 1.12. The number of hydrogen-bond acceptors (Lipinski definition) is 3. The molecule has 0 aromatic heterocycles. The third-order valence-corrected chi connectivity index (χ3v) is 2.90. The zero-order valence-electron chi connectivity index (χ0n) is 7.16. The number of rotatable bonds is 0. The Morgan fingerprint density at radius 2 is 2.33 bits per heavy atom. The Bertz CT molecular complexity index is 179. The van der Waals surface area contributed by atoms with Gasteiger partial charge in [-0.05, 0) is 19.3 Å². The lowest BCUT2D eigenvalue weighted by Crippen LogP contribution is -2.20. The Balaban J connectivity index is 2.40.